The first-order valence-electron chi connectivity index (χ1n) is 9.50. The van der Waals surface area contributed by atoms with Crippen molar-refractivity contribution in [3.8, 4) is 11.5 Å². The van der Waals surface area contributed by atoms with E-state index >= 15 is 0 Å². The van der Waals surface area contributed by atoms with Crippen LogP contribution in [0, 0.1) is 5.92 Å². The number of hydrogen-bond acceptors (Lipinski definition) is 5. The Morgan fingerprint density at radius 2 is 1.93 bits per heavy atom. The lowest BCUT2D eigenvalue weighted by Crippen LogP contribution is -2.49. The molecule has 0 saturated carbocycles. The van der Waals surface area contributed by atoms with E-state index in [9.17, 15) is 9.90 Å². The minimum absolute atomic E-state index is 0.0980. The van der Waals surface area contributed by atoms with Gasteiger partial charge in [0.2, 0.25) is 0 Å². The number of rotatable bonds is 6. The van der Waals surface area contributed by atoms with Gasteiger partial charge in [0.1, 0.15) is 12.7 Å². The topological polar surface area (TPSA) is 63.9 Å². The van der Waals surface area contributed by atoms with Crippen molar-refractivity contribution in [2.75, 3.05) is 33.4 Å². The second-order valence-electron chi connectivity index (χ2n) is 7.53. The minimum Gasteiger partial charge on any atom is -0.493 e. The number of ether oxygens (including phenoxy) is 2. The molecule has 1 aromatic carbocycles. The van der Waals surface area contributed by atoms with E-state index in [4.69, 9.17) is 9.47 Å². The quantitative estimate of drug-likeness (QED) is 0.839. The van der Waals surface area contributed by atoms with Gasteiger partial charge in [-0.1, -0.05) is 18.2 Å². The van der Waals surface area contributed by atoms with Gasteiger partial charge in [-0.15, -0.1) is 0 Å². The first-order valence-corrected chi connectivity index (χ1v) is 9.50. The number of fused-ring (bicyclic) bond motifs is 4. The highest BCUT2D eigenvalue weighted by Crippen LogP contribution is 2.35. The molecule has 0 aliphatic carbocycles. The molecule has 2 aliphatic heterocycles. The average molecular weight is 370 g/mol. The average Bonchev–Trinajstić information content (AvgIpc) is 2.67. The van der Waals surface area contributed by atoms with Crippen molar-refractivity contribution in [1.29, 1.82) is 0 Å². The molecule has 4 rings (SSSR count). The summed E-state index contributed by atoms with van der Waals surface area (Å²) in [4.78, 5) is 14.4. The van der Waals surface area contributed by atoms with Crippen LogP contribution in [0.15, 0.2) is 47.3 Å². The van der Waals surface area contributed by atoms with Gasteiger partial charge in [0.25, 0.3) is 5.56 Å². The summed E-state index contributed by atoms with van der Waals surface area (Å²) in [6.45, 7) is 3.34. The van der Waals surface area contributed by atoms with Crippen molar-refractivity contribution in [3.63, 3.8) is 0 Å². The Morgan fingerprint density at radius 1 is 1.11 bits per heavy atom. The number of aliphatic hydroxyl groups is 1. The maximum absolute atomic E-state index is 12.1. The highest BCUT2D eigenvalue weighted by molar-refractivity contribution is 5.39. The molecule has 3 atom stereocenters. The summed E-state index contributed by atoms with van der Waals surface area (Å²) in [7, 11) is 1.61. The molecular formula is C21H26N2O4. The Bertz CT molecular complexity index is 850. The Hall–Kier alpha value is -2.31. The number of hydrogen-bond donors (Lipinski definition) is 1. The summed E-state index contributed by atoms with van der Waals surface area (Å²) in [6, 6.07) is 13.0. The van der Waals surface area contributed by atoms with Gasteiger partial charge in [0.15, 0.2) is 11.5 Å². The monoisotopic (exact) mass is 370 g/mol. The number of likely N-dealkylation sites (tertiary alicyclic amines) is 1. The zero-order valence-corrected chi connectivity index (χ0v) is 15.6. The van der Waals surface area contributed by atoms with Gasteiger partial charge in [-0.25, -0.2) is 0 Å². The molecule has 2 aromatic rings. The Labute approximate surface area is 158 Å². The molecule has 1 fully saturated rings. The lowest BCUT2D eigenvalue weighted by molar-refractivity contribution is 0.0379. The fourth-order valence-corrected chi connectivity index (χ4v) is 4.42. The van der Waals surface area contributed by atoms with Crippen molar-refractivity contribution in [2.24, 2.45) is 5.92 Å². The Balaban J connectivity index is 1.36. The number of pyridine rings is 1. The molecule has 1 saturated heterocycles. The number of benzene rings is 1. The zero-order valence-electron chi connectivity index (χ0n) is 15.6. The molecule has 27 heavy (non-hydrogen) atoms. The lowest BCUT2D eigenvalue weighted by Gasteiger charge is -2.43. The fourth-order valence-electron chi connectivity index (χ4n) is 4.42. The molecular weight excluding hydrogens is 344 g/mol. The van der Waals surface area contributed by atoms with E-state index in [1.165, 1.54) is 0 Å². The molecule has 2 bridgehead atoms. The van der Waals surface area contributed by atoms with Crippen LogP contribution in [0.3, 0.4) is 0 Å². The van der Waals surface area contributed by atoms with E-state index in [2.05, 4.69) is 11.0 Å². The van der Waals surface area contributed by atoms with E-state index in [1.54, 1.807) is 13.2 Å². The van der Waals surface area contributed by atoms with E-state index in [0.29, 0.717) is 29.9 Å². The molecule has 0 amide bonds. The fraction of sp³-hybridized carbons (Fsp3) is 0.476. The minimum atomic E-state index is -0.577. The van der Waals surface area contributed by atoms with Gasteiger partial charge in [-0.2, -0.15) is 0 Å². The summed E-state index contributed by atoms with van der Waals surface area (Å²) in [5, 5.41) is 10.5. The maximum atomic E-state index is 12.1. The zero-order chi connectivity index (χ0) is 18.8. The van der Waals surface area contributed by atoms with Crippen LogP contribution < -0.4 is 15.0 Å². The van der Waals surface area contributed by atoms with Gasteiger partial charge in [-0.3, -0.25) is 9.69 Å². The lowest BCUT2D eigenvalue weighted by atomic mass is 9.83. The first kappa shape index (κ1) is 18.1. The van der Waals surface area contributed by atoms with Gasteiger partial charge >= 0.3 is 0 Å². The van der Waals surface area contributed by atoms with Crippen molar-refractivity contribution >= 4 is 0 Å². The number of para-hydroxylation sites is 2. The third-order valence-electron chi connectivity index (χ3n) is 5.52. The van der Waals surface area contributed by atoms with E-state index in [0.717, 1.165) is 31.7 Å². The van der Waals surface area contributed by atoms with Gasteiger partial charge in [0.05, 0.1) is 7.11 Å². The third-order valence-corrected chi connectivity index (χ3v) is 5.52. The predicted molar refractivity (Wildman–Crippen MR) is 102 cm³/mol. The van der Waals surface area contributed by atoms with Crippen LogP contribution >= 0.6 is 0 Å². The van der Waals surface area contributed by atoms with Crippen molar-refractivity contribution in [2.45, 2.75) is 25.0 Å². The van der Waals surface area contributed by atoms with E-state index in [1.807, 2.05) is 34.9 Å². The van der Waals surface area contributed by atoms with Crippen LogP contribution in [0.1, 0.15) is 18.0 Å². The Morgan fingerprint density at radius 3 is 2.74 bits per heavy atom. The number of aliphatic hydroxyl groups excluding tert-OH is 1. The summed E-state index contributed by atoms with van der Waals surface area (Å²) in [6.07, 6.45) is 0.542. The van der Waals surface area contributed by atoms with Crippen LogP contribution in [-0.2, 0) is 6.54 Å². The molecule has 6 nitrogen and oxygen atoms in total. The predicted octanol–water partition coefficient (Wildman–Crippen LogP) is 1.72. The second-order valence-corrected chi connectivity index (χ2v) is 7.53. The SMILES string of the molecule is COc1ccccc1OC[C@H](O)CN1C[C@@H]2C[C@H](C1)c1cccc(=O)n1C2. The first-order chi connectivity index (χ1) is 13.1. The molecule has 1 aromatic heterocycles. The van der Waals surface area contributed by atoms with E-state index in [-0.39, 0.29) is 12.2 Å². The standard InChI is InChI=1S/C21H26N2O4/c1-26-19-6-2-3-7-20(19)27-14-17(24)13-22-10-15-9-16(12-22)18-5-4-8-21(25)23(18)11-15/h2-8,15-17,24H,9-14H2,1H3/t15-,16+,17+/m0/s1. The second kappa shape index (κ2) is 7.74. The molecule has 3 heterocycles. The molecule has 1 N–H and O–H groups in total. The molecule has 0 radical (unpaired) electrons. The maximum Gasteiger partial charge on any atom is 0.250 e. The molecule has 6 heteroatoms. The molecule has 144 valence electrons. The van der Waals surface area contributed by atoms with Gasteiger partial charge < -0.3 is 19.1 Å². The highest BCUT2D eigenvalue weighted by atomic mass is 16.5. The van der Waals surface area contributed by atoms with Crippen LogP contribution in [0.4, 0.5) is 0 Å². The van der Waals surface area contributed by atoms with Crippen molar-refractivity contribution in [3.05, 3.63) is 58.5 Å². The van der Waals surface area contributed by atoms with Crippen LogP contribution in [0.25, 0.3) is 0 Å². The number of aromatic nitrogens is 1. The number of β-amino-alcohol motifs (C(OH)–C–C–N with tert-alkyl or cyclic N) is 1. The van der Waals surface area contributed by atoms with Crippen molar-refractivity contribution in [1.82, 2.24) is 9.47 Å². The highest BCUT2D eigenvalue weighted by Gasteiger charge is 2.34. The van der Waals surface area contributed by atoms with Gasteiger partial charge in [0, 0.05) is 43.9 Å². The summed E-state index contributed by atoms with van der Waals surface area (Å²) in [5.41, 5.74) is 1.23. The van der Waals surface area contributed by atoms with Gasteiger partial charge in [-0.05, 0) is 30.5 Å². The third kappa shape index (κ3) is 3.87. The summed E-state index contributed by atoms with van der Waals surface area (Å²) >= 11 is 0. The molecule has 0 unspecified atom stereocenters. The molecule has 2 aliphatic rings. The number of nitrogens with zero attached hydrogens (tertiary/aromatic N) is 2. The largest absolute Gasteiger partial charge is 0.493 e. The van der Waals surface area contributed by atoms with Crippen LogP contribution in [0.2, 0.25) is 0 Å². The van der Waals surface area contributed by atoms with E-state index < -0.39 is 6.10 Å². The normalized spacial score (nSPS) is 22.7. The van der Waals surface area contributed by atoms with Crippen LogP contribution in [-0.4, -0.2) is 54.0 Å². The molecule has 0 spiro atoms. The van der Waals surface area contributed by atoms with Crippen LogP contribution in [0.5, 0.6) is 11.5 Å². The summed E-state index contributed by atoms with van der Waals surface area (Å²) < 4.78 is 13.0. The van der Waals surface area contributed by atoms with Crippen molar-refractivity contribution < 1.29 is 14.6 Å². The number of piperidine rings is 1. The summed E-state index contributed by atoms with van der Waals surface area (Å²) in [5.74, 6) is 2.12. The number of methoxy groups -OCH3 is 1. The Kier molecular flexibility index (Phi) is 5.18. The smallest absolute Gasteiger partial charge is 0.250 e.